The molecule has 0 spiro atoms. The van der Waals surface area contributed by atoms with Crippen molar-refractivity contribution in [2.45, 2.75) is 18.6 Å². The van der Waals surface area contributed by atoms with Crippen LogP contribution < -0.4 is 10.1 Å². The number of thiocarbonyl (C=S) groups is 1. The van der Waals surface area contributed by atoms with Gasteiger partial charge in [0.25, 0.3) is 0 Å². The molecule has 174 valence electrons. The van der Waals surface area contributed by atoms with E-state index in [0.29, 0.717) is 11.7 Å². The van der Waals surface area contributed by atoms with E-state index < -0.39 is 0 Å². The van der Waals surface area contributed by atoms with Crippen LogP contribution in [0.3, 0.4) is 0 Å². The molecule has 2 aromatic carbocycles. The Morgan fingerprint density at radius 2 is 1.83 bits per heavy atom. The highest BCUT2D eigenvalue weighted by Crippen LogP contribution is 2.41. The van der Waals surface area contributed by atoms with Gasteiger partial charge in [-0.15, -0.1) is 0 Å². The molecule has 3 aromatic heterocycles. The fourth-order valence-corrected chi connectivity index (χ4v) is 5.87. The molecular weight excluding hydrogens is 474 g/mol. The Morgan fingerprint density at radius 1 is 1.00 bits per heavy atom. The molecule has 2 atom stereocenters. The number of pyridine rings is 1. The first-order valence-electron chi connectivity index (χ1n) is 11.4. The van der Waals surface area contributed by atoms with Gasteiger partial charge in [-0.2, -0.15) is 0 Å². The van der Waals surface area contributed by atoms with Crippen molar-refractivity contribution in [3.63, 3.8) is 0 Å². The molecule has 1 aliphatic heterocycles. The number of ether oxygens (including phenoxy) is 1. The van der Waals surface area contributed by atoms with Gasteiger partial charge in [-0.05, 0) is 66.3 Å². The molecule has 1 saturated heterocycles. The number of rotatable bonds is 6. The molecule has 1 N–H and O–H groups in total. The van der Waals surface area contributed by atoms with E-state index in [1.165, 1.54) is 4.70 Å². The smallest absolute Gasteiger partial charge is 0.194 e. The van der Waals surface area contributed by atoms with Gasteiger partial charge in [0, 0.05) is 18.9 Å². The summed E-state index contributed by atoms with van der Waals surface area (Å²) in [6, 6.07) is 26.4. The van der Waals surface area contributed by atoms with Crippen LogP contribution in [-0.4, -0.2) is 31.7 Å². The van der Waals surface area contributed by atoms with Crippen LogP contribution in [0.4, 0.5) is 0 Å². The molecular formula is C27H23N5OS2. The number of hydrogen-bond acceptors (Lipinski definition) is 5. The quantitative estimate of drug-likeness (QED) is 0.306. The Bertz CT molecular complexity index is 1450. The molecule has 0 bridgehead atoms. The Balaban J connectivity index is 1.43. The molecule has 8 heteroatoms. The second kappa shape index (κ2) is 9.13. The number of fused-ring (bicyclic) bond motifs is 1. The molecule has 0 amide bonds. The molecule has 1 fully saturated rings. The highest BCUT2D eigenvalue weighted by molar-refractivity contribution is 7.80. The second-order valence-electron chi connectivity index (χ2n) is 8.37. The third kappa shape index (κ3) is 4.05. The summed E-state index contributed by atoms with van der Waals surface area (Å²) in [4.78, 5) is 11.8. The average Bonchev–Trinajstić information content (AvgIpc) is 3.62. The fourth-order valence-electron chi connectivity index (χ4n) is 4.60. The van der Waals surface area contributed by atoms with Gasteiger partial charge in [-0.3, -0.25) is 9.55 Å². The standard InChI is InChI=1S/C27H23N5OS2/c1-33-19-13-11-18(12-14-19)17-32-25(24(30-26(32)34)21-8-4-5-15-28-21)22-9-6-16-31(22)27-29-20-7-2-3-10-23(20)35-27/h2-16,24-25H,17H2,1H3,(H,30,34)/t24-,25-/m1/s1. The van der Waals surface area contributed by atoms with Crippen LogP contribution in [0.15, 0.2) is 91.3 Å². The molecule has 0 radical (unpaired) electrons. The fraction of sp³-hybridized carbons (Fsp3) is 0.148. The van der Waals surface area contributed by atoms with Crippen molar-refractivity contribution in [2.24, 2.45) is 0 Å². The summed E-state index contributed by atoms with van der Waals surface area (Å²) < 4.78 is 8.68. The van der Waals surface area contributed by atoms with E-state index >= 15 is 0 Å². The largest absolute Gasteiger partial charge is 0.497 e. The lowest BCUT2D eigenvalue weighted by molar-refractivity contribution is 0.302. The van der Waals surface area contributed by atoms with Crippen molar-refractivity contribution in [2.75, 3.05) is 7.11 Å². The van der Waals surface area contributed by atoms with E-state index in [-0.39, 0.29) is 12.1 Å². The monoisotopic (exact) mass is 497 g/mol. The summed E-state index contributed by atoms with van der Waals surface area (Å²) in [5.74, 6) is 0.837. The summed E-state index contributed by atoms with van der Waals surface area (Å²) in [6.07, 6.45) is 3.91. The van der Waals surface area contributed by atoms with Crippen LogP contribution in [0, 0.1) is 0 Å². The lowest BCUT2D eigenvalue weighted by atomic mass is 10.0. The highest BCUT2D eigenvalue weighted by Gasteiger charge is 2.41. The maximum absolute atomic E-state index is 5.87. The SMILES string of the molecule is COc1ccc(CN2C(=S)N[C@H](c3ccccn3)[C@H]2c2cccn2-c2nc3ccccc3s2)cc1. The van der Waals surface area contributed by atoms with Gasteiger partial charge in [0.1, 0.15) is 5.75 Å². The minimum absolute atomic E-state index is 0.0680. The topological polar surface area (TPSA) is 55.2 Å². The van der Waals surface area contributed by atoms with Gasteiger partial charge in [-0.1, -0.05) is 41.7 Å². The van der Waals surface area contributed by atoms with E-state index in [9.17, 15) is 0 Å². The molecule has 5 aromatic rings. The maximum atomic E-state index is 5.87. The summed E-state index contributed by atoms with van der Waals surface area (Å²) in [7, 11) is 1.68. The van der Waals surface area contributed by atoms with E-state index in [1.54, 1.807) is 18.4 Å². The van der Waals surface area contributed by atoms with Crippen molar-refractivity contribution in [1.82, 2.24) is 24.8 Å². The van der Waals surface area contributed by atoms with Gasteiger partial charge in [0.05, 0.1) is 40.8 Å². The molecule has 4 heterocycles. The Hall–Kier alpha value is -3.75. The third-order valence-corrected chi connectivity index (χ3v) is 7.67. The van der Waals surface area contributed by atoms with E-state index in [2.05, 4.69) is 68.4 Å². The van der Waals surface area contributed by atoms with Crippen molar-refractivity contribution in [3.05, 3.63) is 108 Å². The van der Waals surface area contributed by atoms with Crippen molar-refractivity contribution in [3.8, 4) is 10.9 Å². The summed E-state index contributed by atoms with van der Waals surface area (Å²) in [5.41, 5.74) is 4.22. The average molecular weight is 498 g/mol. The van der Waals surface area contributed by atoms with Gasteiger partial charge in [0.2, 0.25) is 0 Å². The molecule has 0 saturated carbocycles. The van der Waals surface area contributed by atoms with Crippen LogP contribution in [-0.2, 0) is 6.54 Å². The minimum atomic E-state index is -0.0926. The van der Waals surface area contributed by atoms with Gasteiger partial charge >= 0.3 is 0 Å². The predicted octanol–water partition coefficient (Wildman–Crippen LogP) is 5.66. The summed E-state index contributed by atoms with van der Waals surface area (Å²) in [5, 5.41) is 5.19. The maximum Gasteiger partial charge on any atom is 0.194 e. The molecule has 35 heavy (non-hydrogen) atoms. The number of thiazole rings is 1. The Labute approximate surface area is 212 Å². The second-order valence-corrected chi connectivity index (χ2v) is 9.77. The number of para-hydroxylation sites is 1. The number of nitrogens with zero attached hydrogens (tertiary/aromatic N) is 4. The summed E-state index contributed by atoms with van der Waals surface area (Å²) >= 11 is 7.55. The van der Waals surface area contributed by atoms with E-state index in [4.69, 9.17) is 21.9 Å². The van der Waals surface area contributed by atoms with Crippen molar-refractivity contribution < 1.29 is 4.74 Å². The summed E-state index contributed by atoms with van der Waals surface area (Å²) in [6.45, 7) is 0.662. The van der Waals surface area contributed by atoms with Gasteiger partial charge < -0.3 is 15.0 Å². The van der Waals surface area contributed by atoms with E-state index in [1.807, 2.05) is 42.6 Å². The third-order valence-electron chi connectivity index (χ3n) is 6.28. The minimum Gasteiger partial charge on any atom is -0.497 e. The van der Waals surface area contributed by atoms with Crippen molar-refractivity contribution >= 4 is 38.9 Å². The number of methoxy groups -OCH3 is 1. The molecule has 0 unspecified atom stereocenters. The zero-order valence-electron chi connectivity index (χ0n) is 19.0. The van der Waals surface area contributed by atoms with Crippen LogP contribution in [0.2, 0.25) is 0 Å². The lowest BCUT2D eigenvalue weighted by Gasteiger charge is -2.28. The van der Waals surface area contributed by atoms with Gasteiger partial charge in [0.15, 0.2) is 10.2 Å². The number of benzene rings is 2. The molecule has 1 aliphatic rings. The van der Waals surface area contributed by atoms with Crippen LogP contribution in [0.1, 0.15) is 29.0 Å². The predicted molar refractivity (Wildman–Crippen MR) is 143 cm³/mol. The number of hydrogen-bond donors (Lipinski definition) is 1. The Morgan fingerprint density at radius 3 is 2.60 bits per heavy atom. The molecule has 0 aliphatic carbocycles. The van der Waals surface area contributed by atoms with Crippen LogP contribution in [0.25, 0.3) is 15.3 Å². The zero-order chi connectivity index (χ0) is 23.8. The van der Waals surface area contributed by atoms with Crippen LogP contribution >= 0.6 is 23.6 Å². The van der Waals surface area contributed by atoms with Gasteiger partial charge in [-0.25, -0.2) is 4.98 Å². The van der Waals surface area contributed by atoms with Crippen molar-refractivity contribution in [1.29, 1.82) is 0 Å². The van der Waals surface area contributed by atoms with E-state index in [0.717, 1.165) is 33.3 Å². The lowest BCUT2D eigenvalue weighted by Crippen LogP contribution is -2.30. The zero-order valence-corrected chi connectivity index (χ0v) is 20.7. The molecule has 6 rings (SSSR count). The Kier molecular flexibility index (Phi) is 5.67. The first kappa shape index (κ1) is 21.8. The number of aromatic nitrogens is 3. The van der Waals surface area contributed by atoms with Crippen LogP contribution in [0.5, 0.6) is 5.75 Å². The highest BCUT2D eigenvalue weighted by atomic mass is 32.1. The first-order chi connectivity index (χ1) is 17.2. The first-order valence-corrected chi connectivity index (χ1v) is 12.6. The number of nitrogens with one attached hydrogen (secondary N) is 1. The molecule has 6 nitrogen and oxygen atoms in total. The normalized spacial score (nSPS) is 17.6.